The van der Waals surface area contributed by atoms with Crippen molar-refractivity contribution in [2.45, 2.75) is 26.7 Å². The molecule has 0 saturated carbocycles. The van der Waals surface area contributed by atoms with E-state index in [0.29, 0.717) is 26.1 Å². The van der Waals surface area contributed by atoms with E-state index in [0.717, 1.165) is 43.9 Å². The quantitative estimate of drug-likeness (QED) is 0.694. The average Bonchev–Trinajstić information content (AvgIpc) is 3.14. The van der Waals surface area contributed by atoms with Crippen molar-refractivity contribution in [3.8, 4) is 0 Å². The number of carbonyl (C=O) groups is 2. The minimum Gasteiger partial charge on any atom is -0.353 e. The van der Waals surface area contributed by atoms with Crippen molar-refractivity contribution in [3.63, 3.8) is 0 Å². The van der Waals surface area contributed by atoms with Crippen LogP contribution in [0.5, 0.6) is 0 Å². The zero-order valence-electron chi connectivity index (χ0n) is 19.8. The number of carbonyl (C=O) groups excluding carboxylic acids is 2. The molecule has 1 atom stereocenters. The number of hydrogen-bond donors (Lipinski definition) is 0. The van der Waals surface area contributed by atoms with Crippen LogP contribution in [0.25, 0.3) is 10.9 Å². The Balaban J connectivity index is 1.35. The molecular weight excluding hydrogens is 402 g/mol. The van der Waals surface area contributed by atoms with E-state index < -0.39 is 0 Å². The number of piperazine rings is 1. The summed E-state index contributed by atoms with van der Waals surface area (Å²) in [6.45, 7) is 9.37. The van der Waals surface area contributed by atoms with E-state index in [2.05, 4.69) is 47.9 Å². The molecule has 2 amide bonds. The van der Waals surface area contributed by atoms with Crippen molar-refractivity contribution in [1.82, 2.24) is 19.7 Å². The molecule has 7 heteroatoms. The number of aryl methyl sites for hydroxylation is 2. The van der Waals surface area contributed by atoms with Gasteiger partial charge in [-0.1, -0.05) is 18.2 Å². The molecule has 0 bridgehead atoms. The number of rotatable bonds is 6. The van der Waals surface area contributed by atoms with Gasteiger partial charge in [-0.25, -0.2) is 4.98 Å². The molecule has 7 nitrogen and oxygen atoms in total. The van der Waals surface area contributed by atoms with Gasteiger partial charge in [0.15, 0.2) is 0 Å². The first-order valence-corrected chi connectivity index (χ1v) is 11.7. The van der Waals surface area contributed by atoms with E-state index in [1.165, 1.54) is 16.5 Å². The number of benzene rings is 1. The van der Waals surface area contributed by atoms with Gasteiger partial charge in [-0.3, -0.25) is 9.59 Å². The van der Waals surface area contributed by atoms with Crippen molar-refractivity contribution in [3.05, 3.63) is 35.4 Å². The van der Waals surface area contributed by atoms with Crippen LogP contribution in [-0.2, 0) is 9.59 Å². The highest BCUT2D eigenvalue weighted by Gasteiger charge is 2.37. The van der Waals surface area contributed by atoms with Crippen LogP contribution in [0, 0.1) is 19.8 Å². The summed E-state index contributed by atoms with van der Waals surface area (Å²) in [6.07, 6.45) is 1.29. The lowest BCUT2D eigenvalue weighted by atomic mass is 10.1. The van der Waals surface area contributed by atoms with Gasteiger partial charge in [0.1, 0.15) is 5.82 Å². The maximum Gasteiger partial charge on any atom is 0.228 e. The van der Waals surface area contributed by atoms with Gasteiger partial charge >= 0.3 is 0 Å². The molecule has 0 spiro atoms. The molecule has 2 fully saturated rings. The number of likely N-dealkylation sites (tertiary alicyclic amines) is 1. The molecule has 1 aromatic heterocycles. The minimum absolute atomic E-state index is 0.118. The van der Waals surface area contributed by atoms with E-state index in [-0.39, 0.29) is 17.7 Å². The fourth-order valence-corrected chi connectivity index (χ4v) is 4.85. The first-order valence-electron chi connectivity index (χ1n) is 11.7. The third-order valence-corrected chi connectivity index (χ3v) is 6.75. The van der Waals surface area contributed by atoms with Crippen molar-refractivity contribution in [1.29, 1.82) is 0 Å². The molecule has 0 N–H and O–H groups in total. The molecule has 2 aromatic rings. The maximum absolute atomic E-state index is 13.1. The van der Waals surface area contributed by atoms with Crippen LogP contribution in [0.15, 0.2) is 24.3 Å². The van der Waals surface area contributed by atoms with Crippen molar-refractivity contribution >= 4 is 28.5 Å². The Hall–Kier alpha value is -2.67. The monoisotopic (exact) mass is 437 g/mol. The zero-order chi connectivity index (χ0) is 22.8. The molecule has 0 aliphatic carbocycles. The maximum atomic E-state index is 13.1. The fraction of sp³-hybridized carbons (Fsp3) is 0.560. The molecule has 2 saturated heterocycles. The molecule has 32 heavy (non-hydrogen) atoms. The SMILES string of the molecule is Cc1cc(N2CCN(C(=O)C3CC(=O)N(CCCN(C)C)C3)CC2)nc2c(C)cccc12. The highest BCUT2D eigenvalue weighted by Crippen LogP contribution is 2.26. The summed E-state index contributed by atoms with van der Waals surface area (Å²) in [5.74, 6) is 1.04. The van der Waals surface area contributed by atoms with Crippen LogP contribution >= 0.6 is 0 Å². The van der Waals surface area contributed by atoms with E-state index >= 15 is 0 Å². The van der Waals surface area contributed by atoms with Crippen LogP contribution in [0.1, 0.15) is 24.0 Å². The Morgan fingerprint density at radius 1 is 1.12 bits per heavy atom. The second-order valence-electron chi connectivity index (χ2n) is 9.48. The summed E-state index contributed by atoms with van der Waals surface area (Å²) >= 11 is 0. The van der Waals surface area contributed by atoms with Crippen LogP contribution in [-0.4, -0.2) is 91.4 Å². The Labute approximate surface area is 191 Å². The van der Waals surface area contributed by atoms with Gasteiger partial charge in [0.2, 0.25) is 11.8 Å². The summed E-state index contributed by atoms with van der Waals surface area (Å²) in [4.78, 5) is 38.6. The summed E-state index contributed by atoms with van der Waals surface area (Å²) < 4.78 is 0. The summed E-state index contributed by atoms with van der Waals surface area (Å²) in [5.41, 5.74) is 3.47. The van der Waals surface area contributed by atoms with E-state index in [1.807, 2.05) is 23.9 Å². The number of nitrogens with zero attached hydrogens (tertiary/aromatic N) is 5. The number of aromatic nitrogens is 1. The highest BCUT2D eigenvalue weighted by atomic mass is 16.2. The number of amides is 2. The predicted octanol–water partition coefficient (Wildman–Crippen LogP) is 2.30. The lowest BCUT2D eigenvalue weighted by molar-refractivity contribution is -0.136. The lowest BCUT2D eigenvalue weighted by Crippen LogP contribution is -2.51. The summed E-state index contributed by atoms with van der Waals surface area (Å²) in [7, 11) is 4.07. The molecule has 1 aromatic carbocycles. The molecule has 172 valence electrons. The Bertz CT molecular complexity index is 997. The molecule has 0 radical (unpaired) electrons. The molecular formula is C25H35N5O2. The van der Waals surface area contributed by atoms with Crippen molar-refractivity contribution < 1.29 is 9.59 Å². The van der Waals surface area contributed by atoms with Gasteiger partial charge in [0.05, 0.1) is 11.4 Å². The van der Waals surface area contributed by atoms with Crippen LogP contribution in [0.4, 0.5) is 5.82 Å². The molecule has 3 heterocycles. The largest absolute Gasteiger partial charge is 0.353 e. The standard InChI is InChI=1S/C25H35N5O2/c1-18-7-5-8-21-19(2)15-22(26-24(18)21)28-11-13-29(14-12-28)25(32)20-16-23(31)30(17-20)10-6-9-27(3)4/h5,7-8,15,20H,6,9-14,16-17H2,1-4H3. The topological polar surface area (TPSA) is 60.0 Å². The summed E-state index contributed by atoms with van der Waals surface area (Å²) in [5, 5.41) is 1.20. The van der Waals surface area contributed by atoms with Crippen molar-refractivity contribution in [2.75, 3.05) is 64.8 Å². The first-order chi connectivity index (χ1) is 15.3. The highest BCUT2D eigenvalue weighted by molar-refractivity contribution is 5.89. The van der Waals surface area contributed by atoms with E-state index in [1.54, 1.807) is 0 Å². The van der Waals surface area contributed by atoms with Gasteiger partial charge in [0, 0.05) is 51.1 Å². The third-order valence-electron chi connectivity index (χ3n) is 6.75. The fourth-order valence-electron chi connectivity index (χ4n) is 4.85. The zero-order valence-corrected chi connectivity index (χ0v) is 19.8. The first kappa shape index (κ1) is 22.5. The van der Waals surface area contributed by atoms with Gasteiger partial charge in [-0.2, -0.15) is 0 Å². The van der Waals surface area contributed by atoms with E-state index in [9.17, 15) is 9.59 Å². The van der Waals surface area contributed by atoms with Gasteiger partial charge in [-0.15, -0.1) is 0 Å². The van der Waals surface area contributed by atoms with Crippen LogP contribution in [0.3, 0.4) is 0 Å². The molecule has 4 rings (SSSR count). The number of para-hydroxylation sites is 1. The lowest BCUT2D eigenvalue weighted by Gasteiger charge is -2.36. The Kier molecular flexibility index (Phi) is 6.65. The second-order valence-corrected chi connectivity index (χ2v) is 9.48. The molecule has 2 aliphatic rings. The summed E-state index contributed by atoms with van der Waals surface area (Å²) in [6, 6.07) is 8.45. The Morgan fingerprint density at radius 3 is 2.59 bits per heavy atom. The van der Waals surface area contributed by atoms with Gasteiger partial charge in [-0.05, 0) is 58.1 Å². The number of anilines is 1. The van der Waals surface area contributed by atoms with E-state index in [4.69, 9.17) is 4.98 Å². The third kappa shape index (κ3) is 4.72. The smallest absolute Gasteiger partial charge is 0.228 e. The van der Waals surface area contributed by atoms with Crippen LogP contribution < -0.4 is 4.90 Å². The average molecular weight is 438 g/mol. The molecule has 1 unspecified atom stereocenters. The predicted molar refractivity (Wildman–Crippen MR) is 128 cm³/mol. The number of fused-ring (bicyclic) bond motifs is 1. The normalized spacial score (nSPS) is 19.5. The van der Waals surface area contributed by atoms with Gasteiger partial charge < -0.3 is 19.6 Å². The van der Waals surface area contributed by atoms with Crippen LogP contribution in [0.2, 0.25) is 0 Å². The minimum atomic E-state index is -0.197. The number of hydrogen-bond acceptors (Lipinski definition) is 5. The second kappa shape index (κ2) is 9.45. The van der Waals surface area contributed by atoms with Gasteiger partial charge in [0.25, 0.3) is 0 Å². The molecule has 2 aliphatic heterocycles. The number of pyridine rings is 1. The Morgan fingerprint density at radius 2 is 1.88 bits per heavy atom. The van der Waals surface area contributed by atoms with Crippen molar-refractivity contribution in [2.24, 2.45) is 5.92 Å².